The molecule has 0 aromatic carbocycles. The zero-order chi connectivity index (χ0) is 56.4. The standard InChI is InChI=1S/C54H84O23/c1-22(23(2)71-24(3)57)45(68)70-21-54-26-16-49(4,5)43(42(54)65)73-32(54)17-53(9)25(26)10-11-30-50(6)14-13-31(51(7,20-56)29(50)12-15-52(30,53)8)74-48-40(76-46-36(62)33(59)27(58)19-69-46)38(64)39(41(77-48)44(66)67)75-47-37(63)35(61)34(60)28(18-55)72-47/h10,22-23,26-43,46-48,55-56,58-65H,11-21H2,1-9H3,(H,66,67)/t22?,23?,26-,27+,28+,29+,30+,31-,32+,33-,34+,35-,36+,37+,38-,39-,40+,41-,42-,43+,46-,47-,48+,50-,51-,52+,53+,54-/m1/s1. The predicted molar refractivity (Wildman–Crippen MR) is 261 cm³/mol. The van der Waals surface area contributed by atoms with Crippen LogP contribution in [0.25, 0.3) is 0 Å². The van der Waals surface area contributed by atoms with E-state index in [0.717, 1.165) is 0 Å². The molecule has 0 spiro atoms. The van der Waals surface area contributed by atoms with Crippen LogP contribution in [0.15, 0.2) is 11.6 Å². The lowest BCUT2D eigenvalue weighted by molar-refractivity contribution is -0.387. The zero-order valence-electron chi connectivity index (χ0n) is 45.5. The number of esters is 2. The fraction of sp³-hybridized carbons (Fsp3) is 0.907. The summed E-state index contributed by atoms with van der Waals surface area (Å²) in [6, 6.07) is 0. The minimum atomic E-state index is -2.09. The molecule has 8 fully saturated rings. The van der Waals surface area contributed by atoms with E-state index in [4.69, 9.17) is 42.6 Å². The topological polar surface area (TPSA) is 357 Å². The largest absolute Gasteiger partial charge is 0.479 e. The van der Waals surface area contributed by atoms with Gasteiger partial charge in [0.15, 0.2) is 25.0 Å². The van der Waals surface area contributed by atoms with Gasteiger partial charge in [0.2, 0.25) is 0 Å². The monoisotopic (exact) mass is 1100 g/mol. The van der Waals surface area contributed by atoms with Gasteiger partial charge in [-0.2, -0.15) is 0 Å². The Morgan fingerprint density at radius 1 is 0.753 bits per heavy atom. The number of fused-ring (bicyclic) bond motifs is 7. The van der Waals surface area contributed by atoms with Gasteiger partial charge in [-0.3, -0.25) is 9.59 Å². The van der Waals surface area contributed by atoms with Gasteiger partial charge >= 0.3 is 17.9 Å². The predicted octanol–water partition coefficient (Wildman–Crippen LogP) is -0.586. The van der Waals surface area contributed by atoms with Gasteiger partial charge in [-0.15, -0.1) is 0 Å². The van der Waals surface area contributed by atoms with Gasteiger partial charge in [-0.1, -0.05) is 53.2 Å². The Morgan fingerprint density at radius 3 is 2.08 bits per heavy atom. The van der Waals surface area contributed by atoms with Crippen molar-refractivity contribution < 1.29 is 113 Å². The molecule has 2 bridgehead atoms. The summed E-state index contributed by atoms with van der Waals surface area (Å²) < 4.78 is 54.3. The van der Waals surface area contributed by atoms with E-state index in [0.29, 0.717) is 44.9 Å². The normalized spacial score (nSPS) is 51.7. The first-order chi connectivity index (χ1) is 36.0. The lowest BCUT2D eigenvalue weighted by Crippen LogP contribution is -2.69. The maximum absolute atomic E-state index is 13.6. The number of aliphatic hydroxyl groups excluding tert-OH is 10. The molecule has 0 amide bonds. The van der Waals surface area contributed by atoms with Crippen LogP contribution in [0.1, 0.15) is 107 Å². The summed E-state index contributed by atoms with van der Waals surface area (Å²) in [5, 5.41) is 120. The van der Waals surface area contributed by atoms with E-state index in [9.17, 15) is 70.6 Å². The van der Waals surface area contributed by atoms with Crippen molar-refractivity contribution in [2.45, 2.75) is 224 Å². The van der Waals surface area contributed by atoms with E-state index in [1.807, 2.05) is 6.92 Å². The molecular weight excluding hydrogens is 1020 g/mol. The number of aliphatic carboxylic acids is 1. The molecule has 4 saturated carbocycles. The van der Waals surface area contributed by atoms with Crippen molar-refractivity contribution in [2.24, 2.45) is 56.2 Å². The van der Waals surface area contributed by atoms with E-state index in [2.05, 4.69) is 40.7 Å². The molecule has 438 valence electrons. The SMILES string of the molecule is CC(=O)OC(C)C(C)C(=O)OC[C@]12[C@@H]3C[C@@]4(C)C(=CC[C@H]5[C@]6(C)CC[C@@H](O[C@H]7O[C@@H](C(=O)O)[C@H](O[C@H]8O[C@@H](CO)[C@H](O)[C@@H](O)[C@@H]8O)[C@@H](O)[C@@H]7O[C@H]7OC[C@H](O)[C@@H](O)[C@@H]7O)[C@](C)(CO)[C@H]6CC[C@@]54C)[C@H]1CC(C)(C)[C@@H](O3)[C@H]2O. The number of ether oxygens (including phenoxy) is 9. The van der Waals surface area contributed by atoms with Gasteiger partial charge in [-0.05, 0) is 98.2 Å². The molecule has 0 aromatic heterocycles. The molecule has 2 unspecified atom stereocenters. The summed E-state index contributed by atoms with van der Waals surface area (Å²) in [5.74, 6) is -3.82. The highest BCUT2D eigenvalue weighted by molar-refractivity contribution is 5.74. The molecule has 77 heavy (non-hydrogen) atoms. The molecule has 11 N–H and O–H groups in total. The van der Waals surface area contributed by atoms with Gasteiger partial charge in [0.05, 0.1) is 55.6 Å². The molecule has 9 rings (SSSR count). The van der Waals surface area contributed by atoms with Crippen LogP contribution in [-0.2, 0) is 57.0 Å². The molecule has 23 heteroatoms. The Labute approximate surface area is 448 Å². The lowest BCUT2D eigenvalue weighted by Gasteiger charge is -2.71. The number of hydrogen-bond donors (Lipinski definition) is 11. The minimum absolute atomic E-state index is 0.0482. The van der Waals surface area contributed by atoms with Crippen molar-refractivity contribution >= 4 is 17.9 Å². The first kappa shape index (κ1) is 59.1. The van der Waals surface area contributed by atoms with Crippen molar-refractivity contribution in [1.29, 1.82) is 0 Å². The highest BCUT2D eigenvalue weighted by Gasteiger charge is 2.76. The van der Waals surface area contributed by atoms with E-state index in [-0.39, 0.29) is 36.4 Å². The van der Waals surface area contributed by atoms with Crippen molar-refractivity contribution in [3.63, 3.8) is 0 Å². The molecular formula is C54H84O23. The molecule has 23 nitrogen and oxygen atoms in total. The van der Waals surface area contributed by atoms with Crippen LogP contribution in [0.3, 0.4) is 0 Å². The molecule has 4 saturated heterocycles. The van der Waals surface area contributed by atoms with Crippen LogP contribution in [0, 0.1) is 56.2 Å². The number of carboxylic acid groups (broad SMARTS) is 1. The van der Waals surface area contributed by atoms with E-state index >= 15 is 0 Å². The summed E-state index contributed by atoms with van der Waals surface area (Å²) in [6.45, 7) is 15.8. The Kier molecular flexibility index (Phi) is 16.1. The number of allylic oxidation sites excluding steroid dienone is 2. The Morgan fingerprint density at radius 2 is 1.43 bits per heavy atom. The Bertz CT molecular complexity index is 2230. The Balaban J connectivity index is 0.998. The van der Waals surface area contributed by atoms with Crippen LogP contribution >= 0.6 is 0 Å². The van der Waals surface area contributed by atoms with E-state index in [1.54, 1.807) is 13.8 Å². The first-order valence-corrected chi connectivity index (χ1v) is 27.4. The second-order valence-corrected chi connectivity index (χ2v) is 25.8. The van der Waals surface area contributed by atoms with E-state index < -0.39 is 181 Å². The fourth-order valence-electron chi connectivity index (χ4n) is 16.5. The third kappa shape index (κ3) is 9.25. The highest BCUT2D eigenvalue weighted by Crippen LogP contribution is 2.77. The third-order valence-electron chi connectivity index (χ3n) is 21.3. The molecule has 28 atom stereocenters. The molecule has 9 aliphatic rings. The lowest BCUT2D eigenvalue weighted by atomic mass is 9.33. The number of carboxylic acids is 1. The molecule has 5 aliphatic carbocycles. The molecule has 4 aliphatic heterocycles. The quantitative estimate of drug-likeness (QED) is 0.0588. The van der Waals surface area contributed by atoms with Gasteiger partial charge in [-0.25, -0.2) is 4.79 Å². The maximum Gasteiger partial charge on any atom is 0.335 e. The summed E-state index contributed by atoms with van der Waals surface area (Å²) in [4.78, 5) is 38.4. The van der Waals surface area contributed by atoms with Crippen LogP contribution in [0.5, 0.6) is 0 Å². The van der Waals surface area contributed by atoms with Crippen molar-refractivity contribution in [1.82, 2.24) is 0 Å². The summed E-state index contributed by atoms with van der Waals surface area (Å²) >= 11 is 0. The van der Waals surface area contributed by atoms with E-state index in [1.165, 1.54) is 12.5 Å². The number of hydrogen-bond acceptors (Lipinski definition) is 22. The average molecular weight is 1100 g/mol. The van der Waals surface area contributed by atoms with Crippen LogP contribution in [-0.4, -0.2) is 217 Å². The van der Waals surface area contributed by atoms with Gasteiger partial charge in [0, 0.05) is 12.3 Å². The van der Waals surface area contributed by atoms with Gasteiger partial charge in [0.1, 0.15) is 73.8 Å². The average Bonchev–Trinajstić information content (AvgIpc) is 3.95. The van der Waals surface area contributed by atoms with Crippen molar-refractivity contribution in [2.75, 3.05) is 26.4 Å². The van der Waals surface area contributed by atoms with Gasteiger partial charge < -0.3 is 98.8 Å². The number of carbonyl (C=O) groups excluding carboxylic acids is 2. The molecule has 0 radical (unpaired) electrons. The number of aliphatic hydroxyl groups is 10. The minimum Gasteiger partial charge on any atom is -0.479 e. The summed E-state index contributed by atoms with van der Waals surface area (Å²) in [6.07, 6.45) is -22.8. The molecule has 0 aromatic rings. The fourth-order valence-corrected chi connectivity index (χ4v) is 16.5. The number of carbonyl (C=O) groups is 3. The maximum atomic E-state index is 13.6. The second kappa shape index (κ2) is 21.0. The van der Waals surface area contributed by atoms with Crippen molar-refractivity contribution in [3.8, 4) is 0 Å². The van der Waals surface area contributed by atoms with Crippen molar-refractivity contribution in [3.05, 3.63) is 11.6 Å². The Hall–Kier alpha value is -2.53. The second-order valence-electron chi connectivity index (χ2n) is 25.8. The summed E-state index contributed by atoms with van der Waals surface area (Å²) in [5.41, 5.74) is -2.40. The highest BCUT2D eigenvalue weighted by atomic mass is 16.8. The van der Waals surface area contributed by atoms with Crippen LogP contribution in [0.4, 0.5) is 0 Å². The van der Waals surface area contributed by atoms with Crippen LogP contribution < -0.4 is 0 Å². The van der Waals surface area contributed by atoms with Gasteiger partial charge in [0.25, 0.3) is 0 Å². The third-order valence-corrected chi connectivity index (χ3v) is 21.3. The zero-order valence-corrected chi connectivity index (χ0v) is 45.5. The number of rotatable bonds is 14. The summed E-state index contributed by atoms with van der Waals surface area (Å²) in [7, 11) is 0. The van der Waals surface area contributed by atoms with Crippen LogP contribution in [0.2, 0.25) is 0 Å². The smallest absolute Gasteiger partial charge is 0.335 e. The molecule has 4 heterocycles. The first-order valence-electron chi connectivity index (χ1n) is 27.4.